The van der Waals surface area contributed by atoms with Gasteiger partial charge < -0.3 is 9.64 Å². The highest BCUT2D eigenvalue weighted by molar-refractivity contribution is 5.94. The fourth-order valence-corrected chi connectivity index (χ4v) is 2.93. The van der Waals surface area contributed by atoms with Crippen LogP contribution in [0.4, 0.5) is 4.39 Å². The van der Waals surface area contributed by atoms with Gasteiger partial charge in [0.2, 0.25) is 0 Å². The standard InChI is InChI=1S/C20H22FNO2/c1-15-4-6-16(7-5-15)14-24-19-3-2-12-22(13-19)20(23)17-8-10-18(21)11-9-17/h4-11,19H,2-3,12-14H2,1H3. The Balaban J connectivity index is 1.56. The Kier molecular flexibility index (Phi) is 5.26. The predicted molar refractivity (Wildman–Crippen MR) is 91.3 cm³/mol. The third-order valence-corrected chi connectivity index (χ3v) is 4.36. The number of likely N-dealkylation sites (tertiary alicyclic amines) is 1. The number of amides is 1. The molecule has 1 saturated heterocycles. The third-order valence-electron chi connectivity index (χ3n) is 4.36. The van der Waals surface area contributed by atoms with Crippen molar-refractivity contribution < 1.29 is 13.9 Å². The molecule has 126 valence electrons. The van der Waals surface area contributed by atoms with Gasteiger partial charge in [0.1, 0.15) is 5.82 Å². The maximum atomic E-state index is 13.0. The summed E-state index contributed by atoms with van der Waals surface area (Å²) in [6.45, 7) is 3.93. The highest BCUT2D eigenvalue weighted by Gasteiger charge is 2.25. The van der Waals surface area contributed by atoms with Crippen molar-refractivity contribution in [1.29, 1.82) is 0 Å². The molecule has 0 N–H and O–H groups in total. The van der Waals surface area contributed by atoms with Gasteiger partial charge in [-0.1, -0.05) is 29.8 Å². The summed E-state index contributed by atoms with van der Waals surface area (Å²) in [6.07, 6.45) is 1.93. The molecule has 1 aliphatic rings. The van der Waals surface area contributed by atoms with Crippen molar-refractivity contribution in [2.45, 2.75) is 32.5 Å². The normalized spacial score (nSPS) is 17.8. The molecule has 2 aromatic carbocycles. The molecule has 0 aromatic heterocycles. The van der Waals surface area contributed by atoms with Crippen LogP contribution in [0.25, 0.3) is 0 Å². The second kappa shape index (κ2) is 7.58. The molecule has 1 atom stereocenters. The first-order valence-electron chi connectivity index (χ1n) is 8.34. The van der Waals surface area contributed by atoms with Crippen molar-refractivity contribution in [3.05, 3.63) is 71.0 Å². The van der Waals surface area contributed by atoms with Crippen LogP contribution in [-0.4, -0.2) is 30.0 Å². The average molecular weight is 327 g/mol. The molecule has 4 heteroatoms. The Bertz CT molecular complexity index is 682. The SMILES string of the molecule is Cc1ccc(COC2CCCN(C(=O)c3ccc(F)cc3)C2)cc1. The van der Waals surface area contributed by atoms with E-state index in [1.165, 1.54) is 29.8 Å². The fourth-order valence-electron chi connectivity index (χ4n) is 2.93. The van der Waals surface area contributed by atoms with Crippen LogP contribution in [0.1, 0.15) is 34.3 Å². The summed E-state index contributed by atoms with van der Waals surface area (Å²) in [4.78, 5) is 14.3. The number of ether oxygens (including phenoxy) is 1. The number of benzene rings is 2. The number of carbonyl (C=O) groups is 1. The molecule has 1 amide bonds. The van der Waals surface area contributed by atoms with E-state index in [1.54, 1.807) is 4.90 Å². The average Bonchev–Trinajstić information content (AvgIpc) is 2.61. The first-order valence-corrected chi connectivity index (χ1v) is 8.34. The lowest BCUT2D eigenvalue weighted by Crippen LogP contribution is -2.43. The van der Waals surface area contributed by atoms with Gasteiger partial charge in [-0.05, 0) is 49.6 Å². The van der Waals surface area contributed by atoms with Crippen LogP contribution >= 0.6 is 0 Å². The van der Waals surface area contributed by atoms with Crippen LogP contribution in [0, 0.1) is 12.7 Å². The van der Waals surface area contributed by atoms with Gasteiger partial charge in [-0.2, -0.15) is 0 Å². The Labute approximate surface area is 142 Å². The third kappa shape index (κ3) is 4.20. The molecule has 0 spiro atoms. The zero-order valence-electron chi connectivity index (χ0n) is 13.9. The van der Waals surface area contributed by atoms with Crippen LogP contribution in [0.3, 0.4) is 0 Å². The van der Waals surface area contributed by atoms with E-state index in [4.69, 9.17) is 4.74 Å². The summed E-state index contributed by atoms with van der Waals surface area (Å²) in [5.41, 5.74) is 2.89. The van der Waals surface area contributed by atoms with Gasteiger partial charge in [0.25, 0.3) is 5.91 Å². The molecule has 1 fully saturated rings. The maximum Gasteiger partial charge on any atom is 0.253 e. The van der Waals surface area contributed by atoms with Gasteiger partial charge in [0.15, 0.2) is 0 Å². The Morgan fingerprint density at radius 1 is 1.17 bits per heavy atom. The van der Waals surface area contributed by atoms with Crippen molar-refractivity contribution in [3.63, 3.8) is 0 Å². The smallest absolute Gasteiger partial charge is 0.253 e. The minimum Gasteiger partial charge on any atom is -0.372 e. The number of hydrogen-bond donors (Lipinski definition) is 0. The molecule has 0 saturated carbocycles. The number of rotatable bonds is 4. The van der Waals surface area contributed by atoms with Crippen molar-refractivity contribution in [1.82, 2.24) is 4.90 Å². The zero-order chi connectivity index (χ0) is 16.9. The number of nitrogens with zero attached hydrogens (tertiary/aromatic N) is 1. The molecule has 24 heavy (non-hydrogen) atoms. The lowest BCUT2D eigenvalue weighted by Gasteiger charge is -2.32. The number of piperidine rings is 1. The number of halogens is 1. The molecule has 0 aliphatic carbocycles. The Morgan fingerprint density at radius 2 is 1.88 bits per heavy atom. The van der Waals surface area contributed by atoms with Crippen molar-refractivity contribution >= 4 is 5.91 Å². The number of carbonyl (C=O) groups excluding carboxylic acids is 1. The van der Waals surface area contributed by atoms with Crippen molar-refractivity contribution in [3.8, 4) is 0 Å². The summed E-state index contributed by atoms with van der Waals surface area (Å²) in [5.74, 6) is -0.386. The summed E-state index contributed by atoms with van der Waals surface area (Å²) in [5, 5.41) is 0. The quantitative estimate of drug-likeness (QED) is 0.851. The monoisotopic (exact) mass is 327 g/mol. The van der Waals surface area contributed by atoms with E-state index in [0.29, 0.717) is 18.7 Å². The van der Waals surface area contributed by atoms with Gasteiger partial charge in [-0.3, -0.25) is 4.79 Å². The van der Waals surface area contributed by atoms with E-state index in [-0.39, 0.29) is 17.8 Å². The largest absolute Gasteiger partial charge is 0.372 e. The molecule has 1 aliphatic heterocycles. The molecule has 1 unspecified atom stereocenters. The Hall–Kier alpha value is -2.20. The van der Waals surface area contributed by atoms with E-state index in [0.717, 1.165) is 24.9 Å². The highest BCUT2D eigenvalue weighted by atomic mass is 19.1. The van der Waals surface area contributed by atoms with E-state index in [9.17, 15) is 9.18 Å². The highest BCUT2D eigenvalue weighted by Crippen LogP contribution is 2.18. The second-order valence-electron chi connectivity index (χ2n) is 6.32. The first kappa shape index (κ1) is 16.7. The predicted octanol–water partition coefficient (Wildman–Crippen LogP) is 3.96. The molecule has 3 nitrogen and oxygen atoms in total. The summed E-state index contributed by atoms with van der Waals surface area (Å²) in [6, 6.07) is 14.0. The Morgan fingerprint density at radius 3 is 2.58 bits per heavy atom. The summed E-state index contributed by atoms with van der Waals surface area (Å²) >= 11 is 0. The molecule has 1 heterocycles. The molecule has 0 bridgehead atoms. The van der Waals surface area contributed by atoms with Crippen molar-refractivity contribution in [2.24, 2.45) is 0 Å². The van der Waals surface area contributed by atoms with Crippen LogP contribution in [-0.2, 0) is 11.3 Å². The van der Waals surface area contributed by atoms with Crippen molar-refractivity contribution in [2.75, 3.05) is 13.1 Å². The second-order valence-corrected chi connectivity index (χ2v) is 6.32. The lowest BCUT2D eigenvalue weighted by molar-refractivity contribution is -0.00673. The minimum atomic E-state index is -0.329. The molecular formula is C20H22FNO2. The summed E-state index contributed by atoms with van der Waals surface area (Å²) < 4.78 is 19.0. The van der Waals surface area contributed by atoms with Gasteiger partial charge in [0, 0.05) is 18.7 Å². The summed E-state index contributed by atoms with van der Waals surface area (Å²) in [7, 11) is 0. The molecule has 3 rings (SSSR count). The minimum absolute atomic E-state index is 0.0458. The van der Waals surface area contributed by atoms with E-state index in [2.05, 4.69) is 31.2 Å². The van der Waals surface area contributed by atoms with Gasteiger partial charge in [-0.25, -0.2) is 4.39 Å². The van der Waals surface area contributed by atoms with Gasteiger partial charge in [-0.15, -0.1) is 0 Å². The lowest BCUT2D eigenvalue weighted by atomic mass is 10.1. The number of aryl methyl sites for hydroxylation is 1. The molecule has 2 aromatic rings. The first-order chi connectivity index (χ1) is 11.6. The van der Waals surface area contributed by atoms with E-state index < -0.39 is 0 Å². The number of hydrogen-bond acceptors (Lipinski definition) is 2. The molecule has 0 radical (unpaired) electrons. The van der Waals surface area contributed by atoms with Gasteiger partial charge in [0.05, 0.1) is 12.7 Å². The molecular weight excluding hydrogens is 305 g/mol. The van der Waals surface area contributed by atoms with Crippen LogP contribution in [0.5, 0.6) is 0 Å². The van der Waals surface area contributed by atoms with E-state index >= 15 is 0 Å². The van der Waals surface area contributed by atoms with Crippen LogP contribution in [0.2, 0.25) is 0 Å². The van der Waals surface area contributed by atoms with Gasteiger partial charge >= 0.3 is 0 Å². The fraction of sp³-hybridized carbons (Fsp3) is 0.350. The topological polar surface area (TPSA) is 29.5 Å². The zero-order valence-corrected chi connectivity index (χ0v) is 13.9. The van der Waals surface area contributed by atoms with Crippen LogP contribution in [0.15, 0.2) is 48.5 Å². The van der Waals surface area contributed by atoms with Crippen LogP contribution < -0.4 is 0 Å². The van der Waals surface area contributed by atoms with E-state index in [1.807, 2.05) is 0 Å². The maximum absolute atomic E-state index is 13.0.